The Hall–Kier alpha value is -2.47. The van der Waals surface area contributed by atoms with E-state index in [0.29, 0.717) is 5.69 Å². The van der Waals surface area contributed by atoms with Crippen molar-refractivity contribution in [1.82, 2.24) is 15.3 Å². The van der Waals surface area contributed by atoms with Crippen molar-refractivity contribution in [3.63, 3.8) is 0 Å². The molecule has 1 aromatic carbocycles. The number of fused-ring (bicyclic) bond motifs is 1. The molecule has 1 fully saturated rings. The Labute approximate surface area is 160 Å². The molecule has 1 aromatic heterocycles. The van der Waals surface area contributed by atoms with Gasteiger partial charge in [-0.05, 0) is 61.4 Å². The highest BCUT2D eigenvalue weighted by Crippen LogP contribution is 2.31. The Morgan fingerprint density at radius 1 is 1.26 bits per heavy atom. The van der Waals surface area contributed by atoms with E-state index in [-0.39, 0.29) is 5.91 Å². The van der Waals surface area contributed by atoms with E-state index in [4.69, 9.17) is 0 Å². The SMILES string of the molecule is CCCN(CC1CC1)c1cc(C(=O)Nc2ccc3c(c2)CCNC3)ncn1. The number of aromatic nitrogens is 2. The Bertz CT molecular complexity index is 818. The molecule has 2 aliphatic rings. The zero-order valence-corrected chi connectivity index (χ0v) is 15.9. The summed E-state index contributed by atoms with van der Waals surface area (Å²) in [5.41, 5.74) is 3.84. The Kier molecular flexibility index (Phi) is 5.34. The fourth-order valence-electron chi connectivity index (χ4n) is 3.58. The lowest BCUT2D eigenvalue weighted by molar-refractivity contribution is 0.102. The molecule has 6 heteroatoms. The molecule has 1 amide bonds. The van der Waals surface area contributed by atoms with Crippen LogP contribution in [0.5, 0.6) is 0 Å². The maximum Gasteiger partial charge on any atom is 0.274 e. The van der Waals surface area contributed by atoms with Crippen LogP contribution < -0.4 is 15.5 Å². The van der Waals surface area contributed by atoms with Crippen molar-refractivity contribution in [2.45, 2.75) is 39.2 Å². The van der Waals surface area contributed by atoms with E-state index in [1.54, 1.807) is 0 Å². The molecule has 142 valence electrons. The van der Waals surface area contributed by atoms with Crippen molar-refractivity contribution >= 4 is 17.4 Å². The summed E-state index contributed by atoms with van der Waals surface area (Å²) in [5.74, 6) is 1.43. The summed E-state index contributed by atoms with van der Waals surface area (Å²) >= 11 is 0. The third kappa shape index (κ3) is 4.45. The average Bonchev–Trinajstić information content (AvgIpc) is 3.52. The van der Waals surface area contributed by atoms with E-state index in [1.165, 1.54) is 30.3 Å². The van der Waals surface area contributed by atoms with Gasteiger partial charge in [-0.25, -0.2) is 9.97 Å². The lowest BCUT2D eigenvalue weighted by atomic mass is 10.0. The van der Waals surface area contributed by atoms with Gasteiger partial charge in [-0.15, -0.1) is 0 Å². The summed E-state index contributed by atoms with van der Waals surface area (Å²) in [4.78, 5) is 23.6. The van der Waals surface area contributed by atoms with Crippen molar-refractivity contribution in [3.8, 4) is 0 Å². The van der Waals surface area contributed by atoms with Crippen LogP contribution in [0.4, 0.5) is 11.5 Å². The summed E-state index contributed by atoms with van der Waals surface area (Å²) in [6.07, 6.45) is 6.14. The van der Waals surface area contributed by atoms with Crippen molar-refractivity contribution in [2.24, 2.45) is 5.92 Å². The van der Waals surface area contributed by atoms with Gasteiger partial charge in [0.2, 0.25) is 0 Å². The van der Waals surface area contributed by atoms with E-state index in [0.717, 1.165) is 56.4 Å². The quantitative estimate of drug-likeness (QED) is 0.789. The minimum Gasteiger partial charge on any atom is -0.356 e. The number of hydrogen-bond donors (Lipinski definition) is 2. The molecule has 2 N–H and O–H groups in total. The van der Waals surface area contributed by atoms with Crippen LogP contribution >= 0.6 is 0 Å². The van der Waals surface area contributed by atoms with Crippen LogP contribution in [0.3, 0.4) is 0 Å². The molecule has 0 atom stereocenters. The summed E-state index contributed by atoms with van der Waals surface area (Å²) in [7, 11) is 0. The van der Waals surface area contributed by atoms with Crippen molar-refractivity contribution < 1.29 is 4.79 Å². The molecule has 4 rings (SSSR count). The second-order valence-corrected chi connectivity index (χ2v) is 7.52. The smallest absolute Gasteiger partial charge is 0.274 e. The molecule has 6 nitrogen and oxygen atoms in total. The van der Waals surface area contributed by atoms with Gasteiger partial charge in [0.15, 0.2) is 0 Å². The summed E-state index contributed by atoms with van der Waals surface area (Å²) < 4.78 is 0. The van der Waals surface area contributed by atoms with Crippen LogP contribution in [0.1, 0.15) is 47.8 Å². The second kappa shape index (κ2) is 8.05. The van der Waals surface area contributed by atoms with Crippen LogP contribution in [-0.4, -0.2) is 35.5 Å². The van der Waals surface area contributed by atoms with E-state index in [2.05, 4.69) is 44.6 Å². The number of amides is 1. The minimum absolute atomic E-state index is 0.185. The number of anilines is 2. The van der Waals surface area contributed by atoms with Crippen LogP contribution in [0.2, 0.25) is 0 Å². The summed E-state index contributed by atoms with van der Waals surface area (Å²) in [5, 5.41) is 6.35. The molecule has 0 bridgehead atoms. The van der Waals surface area contributed by atoms with Gasteiger partial charge in [-0.1, -0.05) is 13.0 Å². The first kappa shape index (κ1) is 17.9. The largest absolute Gasteiger partial charge is 0.356 e. The zero-order chi connectivity index (χ0) is 18.6. The number of nitrogens with zero attached hydrogens (tertiary/aromatic N) is 3. The lowest BCUT2D eigenvalue weighted by Crippen LogP contribution is -2.28. The Balaban J connectivity index is 1.48. The zero-order valence-electron chi connectivity index (χ0n) is 15.9. The van der Waals surface area contributed by atoms with Crippen LogP contribution in [0.25, 0.3) is 0 Å². The molecular formula is C21H27N5O. The highest BCUT2D eigenvalue weighted by Gasteiger charge is 2.25. The van der Waals surface area contributed by atoms with Crippen molar-refractivity contribution in [1.29, 1.82) is 0 Å². The fraction of sp³-hybridized carbons (Fsp3) is 0.476. The Morgan fingerprint density at radius 2 is 2.15 bits per heavy atom. The molecule has 1 aliphatic carbocycles. The minimum atomic E-state index is -0.185. The molecule has 0 unspecified atom stereocenters. The van der Waals surface area contributed by atoms with Crippen molar-refractivity contribution in [3.05, 3.63) is 47.4 Å². The first-order valence-electron chi connectivity index (χ1n) is 9.94. The molecule has 27 heavy (non-hydrogen) atoms. The molecule has 0 saturated heterocycles. The number of carbonyl (C=O) groups is 1. The highest BCUT2D eigenvalue weighted by molar-refractivity contribution is 6.03. The molecule has 0 radical (unpaired) electrons. The Morgan fingerprint density at radius 3 is 2.96 bits per heavy atom. The number of rotatable bonds is 7. The number of hydrogen-bond acceptors (Lipinski definition) is 5. The van der Waals surface area contributed by atoms with Gasteiger partial charge in [0.25, 0.3) is 5.91 Å². The van der Waals surface area contributed by atoms with Crippen LogP contribution in [0, 0.1) is 5.92 Å². The molecular weight excluding hydrogens is 338 g/mol. The normalized spacial score (nSPS) is 15.9. The van der Waals surface area contributed by atoms with E-state index >= 15 is 0 Å². The number of nitrogens with one attached hydrogen (secondary N) is 2. The van der Waals surface area contributed by atoms with Crippen LogP contribution in [0.15, 0.2) is 30.6 Å². The molecule has 2 heterocycles. The van der Waals surface area contributed by atoms with E-state index in [1.807, 2.05) is 12.1 Å². The van der Waals surface area contributed by atoms with Gasteiger partial charge < -0.3 is 15.5 Å². The monoisotopic (exact) mass is 365 g/mol. The highest BCUT2D eigenvalue weighted by atomic mass is 16.1. The van der Waals surface area contributed by atoms with Gasteiger partial charge in [0.1, 0.15) is 17.8 Å². The van der Waals surface area contributed by atoms with Gasteiger partial charge >= 0.3 is 0 Å². The molecule has 1 saturated carbocycles. The number of carbonyl (C=O) groups excluding carboxylic acids is 1. The van der Waals surface area contributed by atoms with Gasteiger partial charge in [-0.2, -0.15) is 0 Å². The predicted molar refractivity (Wildman–Crippen MR) is 107 cm³/mol. The first-order chi connectivity index (χ1) is 13.2. The van der Waals surface area contributed by atoms with Gasteiger partial charge in [0, 0.05) is 31.4 Å². The second-order valence-electron chi connectivity index (χ2n) is 7.52. The predicted octanol–water partition coefficient (Wildman–Crippen LogP) is 3.00. The third-order valence-corrected chi connectivity index (χ3v) is 5.23. The summed E-state index contributed by atoms with van der Waals surface area (Å²) in [6.45, 7) is 6.01. The first-order valence-corrected chi connectivity index (χ1v) is 9.94. The number of benzene rings is 1. The third-order valence-electron chi connectivity index (χ3n) is 5.23. The average molecular weight is 365 g/mol. The standard InChI is InChI=1S/C21H27N5O/c1-2-9-26(13-15-3-4-15)20-11-19(23-14-24-20)21(27)25-18-6-5-17-12-22-8-7-16(17)10-18/h5-6,10-11,14-15,22H,2-4,7-9,12-13H2,1H3,(H,25,27). The maximum absolute atomic E-state index is 12.7. The maximum atomic E-state index is 12.7. The van der Waals surface area contributed by atoms with Gasteiger partial charge in [0.05, 0.1) is 0 Å². The van der Waals surface area contributed by atoms with Crippen LogP contribution in [-0.2, 0) is 13.0 Å². The molecule has 2 aromatic rings. The van der Waals surface area contributed by atoms with E-state index in [9.17, 15) is 4.79 Å². The topological polar surface area (TPSA) is 70.2 Å². The lowest BCUT2D eigenvalue weighted by Gasteiger charge is -2.23. The van der Waals surface area contributed by atoms with Crippen molar-refractivity contribution in [2.75, 3.05) is 29.9 Å². The van der Waals surface area contributed by atoms with Gasteiger partial charge in [-0.3, -0.25) is 4.79 Å². The van der Waals surface area contributed by atoms with E-state index < -0.39 is 0 Å². The molecule has 0 spiro atoms. The molecule has 1 aliphatic heterocycles. The summed E-state index contributed by atoms with van der Waals surface area (Å²) in [6, 6.07) is 7.94. The fourth-order valence-corrected chi connectivity index (χ4v) is 3.58.